The number of fused-ring (bicyclic) bond motifs is 1. The Kier molecular flexibility index (Phi) is 4.69. The summed E-state index contributed by atoms with van der Waals surface area (Å²) in [5.41, 5.74) is 0.604. The zero-order valence-electron chi connectivity index (χ0n) is 15.7. The molecule has 9 nitrogen and oxygen atoms in total. The van der Waals surface area contributed by atoms with Crippen molar-refractivity contribution in [1.82, 2.24) is 24.1 Å². The predicted octanol–water partition coefficient (Wildman–Crippen LogP) is 2.55. The highest BCUT2D eigenvalue weighted by atomic mass is 35.5. The normalized spacial score (nSPS) is 15.7. The molecule has 11 heteroatoms. The Morgan fingerprint density at radius 2 is 1.80 bits per heavy atom. The molecule has 1 aliphatic heterocycles. The molecular formula is C19H17ClN6O3S. The zero-order valence-corrected chi connectivity index (χ0v) is 17.3. The van der Waals surface area contributed by atoms with E-state index in [0.717, 1.165) is 5.82 Å². The molecule has 0 N–H and O–H groups in total. The zero-order chi connectivity index (χ0) is 20.7. The number of halogens is 1. The highest BCUT2D eigenvalue weighted by Gasteiger charge is 2.29. The number of anilines is 1. The van der Waals surface area contributed by atoms with Crippen LogP contribution in [0.1, 0.15) is 0 Å². The van der Waals surface area contributed by atoms with Crippen LogP contribution in [0.3, 0.4) is 0 Å². The average molecular weight is 445 g/mol. The molecule has 4 heterocycles. The van der Waals surface area contributed by atoms with E-state index in [1.807, 2.05) is 17.0 Å². The molecular weight excluding hydrogens is 428 g/mol. The number of sulfonamides is 1. The van der Waals surface area contributed by atoms with Crippen LogP contribution in [0.15, 0.2) is 64.1 Å². The molecule has 1 aliphatic rings. The quantitative estimate of drug-likeness (QED) is 0.477. The number of hydrogen-bond acceptors (Lipinski definition) is 7. The first-order valence-electron chi connectivity index (χ1n) is 9.29. The lowest BCUT2D eigenvalue weighted by atomic mass is 10.3. The summed E-state index contributed by atoms with van der Waals surface area (Å²) in [6, 6.07) is 13.6. The summed E-state index contributed by atoms with van der Waals surface area (Å²) in [6.07, 6.45) is 1.57. The van der Waals surface area contributed by atoms with Gasteiger partial charge in [0.1, 0.15) is 5.82 Å². The van der Waals surface area contributed by atoms with E-state index in [1.54, 1.807) is 41.1 Å². The van der Waals surface area contributed by atoms with E-state index in [1.165, 1.54) is 10.4 Å². The van der Waals surface area contributed by atoms with Crippen molar-refractivity contribution >= 4 is 33.1 Å². The second kappa shape index (κ2) is 7.38. The first-order chi connectivity index (χ1) is 14.5. The molecule has 0 radical (unpaired) electrons. The number of furan rings is 1. The van der Waals surface area contributed by atoms with Crippen LogP contribution in [-0.4, -0.2) is 58.7 Å². The third-order valence-electron chi connectivity index (χ3n) is 4.99. The Labute approximate surface area is 177 Å². The third kappa shape index (κ3) is 3.32. The van der Waals surface area contributed by atoms with Gasteiger partial charge in [-0.2, -0.15) is 8.82 Å². The van der Waals surface area contributed by atoms with E-state index < -0.39 is 10.0 Å². The fraction of sp³-hybridized carbons (Fsp3) is 0.211. The van der Waals surface area contributed by atoms with Crippen molar-refractivity contribution in [3.63, 3.8) is 0 Å². The van der Waals surface area contributed by atoms with Crippen molar-refractivity contribution in [3.05, 3.63) is 59.8 Å². The van der Waals surface area contributed by atoms with Crippen LogP contribution in [0, 0.1) is 0 Å². The predicted molar refractivity (Wildman–Crippen MR) is 111 cm³/mol. The molecule has 0 saturated carbocycles. The molecule has 0 unspecified atom stereocenters. The van der Waals surface area contributed by atoms with E-state index >= 15 is 0 Å². The first-order valence-corrected chi connectivity index (χ1v) is 11.1. The van der Waals surface area contributed by atoms with E-state index in [-0.39, 0.29) is 4.90 Å². The number of hydrogen-bond donors (Lipinski definition) is 0. The van der Waals surface area contributed by atoms with Gasteiger partial charge in [0, 0.05) is 31.2 Å². The van der Waals surface area contributed by atoms with E-state index in [2.05, 4.69) is 15.3 Å². The topological polar surface area (TPSA) is 96.8 Å². The van der Waals surface area contributed by atoms with Gasteiger partial charge in [-0.05, 0) is 42.5 Å². The van der Waals surface area contributed by atoms with Crippen LogP contribution in [-0.2, 0) is 10.0 Å². The maximum Gasteiger partial charge on any atom is 0.243 e. The SMILES string of the molecule is O=S(=O)(c1cccc(Cl)c1)N1CCN(c2ccc3nnc(-c4ccco4)n3n2)CC1. The highest BCUT2D eigenvalue weighted by Crippen LogP contribution is 2.23. The van der Waals surface area contributed by atoms with Crippen molar-refractivity contribution in [3.8, 4) is 11.6 Å². The van der Waals surface area contributed by atoms with Crippen LogP contribution >= 0.6 is 11.6 Å². The summed E-state index contributed by atoms with van der Waals surface area (Å²) in [4.78, 5) is 2.24. The Morgan fingerprint density at radius 3 is 2.53 bits per heavy atom. The van der Waals surface area contributed by atoms with Gasteiger partial charge in [-0.25, -0.2) is 8.42 Å². The van der Waals surface area contributed by atoms with Gasteiger partial charge in [0.25, 0.3) is 0 Å². The maximum atomic E-state index is 12.9. The van der Waals surface area contributed by atoms with Gasteiger partial charge in [-0.15, -0.1) is 15.3 Å². The van der Waals surface area contributed by atoms with Crippen LogP contribution in [0.4, 0.5) is 5.82 Å². The maximum absolute atomic E-state index is 12.9. The van der Waals surface area contributed by atoms with E-state index in [9.17, 15) is 8.42 Å². The molecule has 4 aromatic rings. The molecule has 30 heavy (non-hydrogen) atoms. The standard InChI is InChI=1S/C19H17ClN6O3S/c20-14-3-1-4-15(13-14)30(27,28)25-10-8-24(9-11-25)18-7-6-17-21-22-19(26(17)23-18)16-5-2-12-29-16/h1-7,12-13H,8-11H2. The van der Waals surface area contributed by atoms with Crippen molar-refractivity contribution in [2.75, 3.05) is 31.1 Å². The minimum atomic E-state index is -3.59. The summed E-state index contributed by atoms with van der Waals surface area (Å²) in [6.45, 7) is 1.72. The summed E-state index contributed by atoms with van der Waals surface area (Å²) in [7, 11) is -3.59. The Bertz CT molecular complexity index is 1300. The molecule has 0 amide bonds. The van der Waals surface area contributed by atoms with Crippen molar-refractivity contribution in [2.24, 2.45) is 0 Å². The van der Waals surface area contributed by atoms with Gasteiger partial charge >= 0.3 is 0 Å². The molecule has 154 valence electrons. The van der Waals surface area contributed by atoms with Crippen LogP contribution in [0.25, 0.3) is 17.2 Å². The Hall–Kier alpha value is -2.95. The molecule has 0 atom stereocenters. The fourth-order valence-corrected chi connectivity index (χ4v) is 5.16. The molecule has 3 aromatic heterocycles. The lowest BCUT2D eigenvalue weighted by Gasteiger charge is -2.34. The van der Waals surface area contributed by atoms with Crippen molar-refractivity contribution in [1.29, 1.82) is 0 Å². The van der Waals surface area contributed by atoms with Gasteiger partial charge in [0.15, 0.2) is 11.4 Å². The van der Waals surface area contributed by atoms with Crippen molar-refractivity contribution in [2.45, 2.75) is 4.90 Å². The van der Waals surface area contributed by atoms with Gasteiger partial charge in [-0.1, -0.05) is 17.7 Å². The second-order valence-electron chi connectivity index (χ2n) is 6.81. The van der Waals surface area contributed by atoms with Gasteiger partial charge < -0.3 is 9.32 Å². The molecule has 0 spiro atoms. The molecule has 5 rings (SSSR count). The highest BCUT2D eigenvalue weighted by molar-refractivity contribution is 7.89. The van der Waals surface area contributed by atoms with Gasteiger partial charge in [-0.3, -0.25) is 0 Å². The monoisotopic (exact) mass is 444 g/mol. The number of piperazine rings is 1. The Balaban J connectivity index is 1.37. The largest absolute Gasteiger partial charge is 0.461 e. The summed E-state index contributed by atoms with van der Waals surface area (Å²) >= 11 is 5.96. The van der Waals surface area contributed by atoms with Crippen LogP contribution < -0.4 is 4.90 Å². The fourth-order valence-electron chi connectivity index (χ4n) is 3.44. The Morgan fingerprint density at radius 1 is 0.967 bits per heavy atom. The molecule has 1 saturated heterocycles. The average Bonchev–Trinajstić information content (AvgIpc) is 3.43. The molecule has 1 fully saturated rings. The van der Waals surface area contributed by atoms with Crippen LogP contribution in [0.2, 0.25) is 5.02 Å². The molecule has 1 aromatic carbocycles. The molecule has 0 bridgehead atoms. The smallest absolute Gasteiger partial charge is 0.243 e. The second-order valence-corrected chi connectivity index (χ2v) is 9.19. The van der Waals surface area contributed by atoms with Gasteiger partial charge in [0.05, 0.1) is 11.2 Å². The van der Waals surface area contributed by atoms with E-state index in [4.69, 9.17) is 16.0 Å². The molecule has 0 aliphatic carbocycles. The number of rotatable bonds is 4. The van der Waals surface area contributed by atoms with E-state index in [0.29, 0.717) is 48.4 Å². The lowest BCUT2D eigenvalue weighted by Crippen LogP contribution is -2.49. The van der Waals surface area contributed by atoms with Crippen molar-refractivity contribution < 1.29 is 12.8 Å². The summed E-state index contributed by atoms with van der Waals surface area (Å²) in [5.74, 6) is 1.80. The lowest BCUT2D eigenvalue weighted by molar-refractivity contribution is 0.383. The third-order valence-corrected chi connectivity index (χ3v) is 7.12. The van der Waals surface area contributed by atoms with Crippen LogP contribution in [0.5, 0.6) is 0 Å². The first kappa shape index (κ1) is 19.0. The number of benzene rings is 1. The summed E-state index contributed by atoms with van der Waals surface area (Å²) in [5, 5.41) is 13.3. The minimum Gasteiger partial charge on any atom is -0.461 e. The minimum absolute atomic E-state index is 0.204. The summed E-state index contributed by atoms with van der Waals surface area (Å²) < 4.78 is 34.3. The number of aromatic nitrogens is 4. The number of nitrogens with zero attached hydrogens (tertiary/aromatic N) is 6. The van der Waals surface area contributed by atoms with Gasteiger partial charge in [0.2, 0.25) is 15.8 Å².